The van der Waals surface area contributed by atoms with Crippen LogP contribution in [0.3, 0.4) is 0 Å². The largest absolute Gasteiger partial charge is 0.494 e. The Morgan fingerprint density at radius 1 is 0.795 bits per heavy atom. The summed E-state index contributed by atoms with van der Waals surface area (Å²) in [6.45, 7) is 4.06. The molecule has 9 heteroatoms. The highest BCUT2D eigenvalue weighted by molar-refractivity contribution is 7.80. The van der Waals surface area contributed by atoms with Crippen molar-refractivity contribution in [3.05, 3.63) is 102 Å². The van der Waals surface area contributed by atoms with Crippen LogP contribution in [-0.2, 0) is 0 Å². The van der Waals surface area contributed by atoms with Gasteiger partial charge in [-0.1, -0.05) is 30.3 Å². The number of hydrogen-bond acceptors (Lipinski definition) is 6. The minimum atomic E-state index is -0.482. The van der Waals surface area contributed by atoms with E-state index in [0.717, 1.165) is 16.5 Å². The maximum atomic E-state index is 12.7. The highest BCUT2D eigenvalue weighted by Gasteiger charge is 2.17. The number of para-hydroxylation sites is 1. The molecule has 2 heterocycles. The number of ether oxygens (including phenoxy) is 1. The highest BCUT2D eigenvalue weighted by atomic mass is 32.1. The molecule has 0 aliphatic rings. The van der Waals surface area contributed by atoms with Gasteiger partial charge in [0.1, 0.15) is 17.1 Å². The third kappa shape index (κ3) is 5.68. The monoisotopic (exact) mass is 539 g/mol. The van der Waals surface area contributed by atoms with E-state index in [9.17, 15) is 9.59 Å². The first-order valence-corrected chi connectivity index (χ1v) is 12.5. The van der Waals surface area contributed by atoms with Gasteiger partial charge in [0.25, 0.3) is 11.8 Å². The SMILES string of the molecule is COc1cc(NC(=S)NC(=O)c2ccc(-c3ccc(C)c(C)c3)o2)ccc1NC(=O)c1cc2ccccc2o1. The van der Waals surface area contributed by atoms with Gasteiger partial charge in [-0.2, -0.15) is 0 Å². The molecule has 5 rings (SSSR count). The van der Waals surface area contributed by atoms with E-state index in [1.165, 1.54) is 12.7 Å². The molecule has 0 saturated carbocycles. The van der Waals surface area contributed by atoms with Crippen molar-refractivity contribution >= 4 is 51.5 Å². The molecule has 8 nitrogen and oxygen atoms in total. The molecular formula is C30H25N3O5S. The molecule has 2 aromatic heterocycles. The fourth-order valence-corrected chi connectivity index (χ4v) is 4.20. The van der Waals surface area contributed by atoms with Crippen LogP contribution in [0.4, 0.5) is 11.4 Å². The summed E-state index contributed by atoms with van der Waals surface area (Å²) in [4.78, 5) is 25.4. The Morgan fingerprint density at radius 2 is 1.62 bits per heavy atom. The Balaban J connectivity index is 1.22. The van der Waals surface area contributed by atoms with Gasteiger partial charge in [0.2, 0.25) is 0 Å². The van der Waals surface area contributed by atoms with Crippen LogP contribution in [0, 0.1) is 13.8 Å². The zero-order chi connectivity index (χ0) is 27.5. The van der Waals surface area contributed by atoms with Crippen molar-refractivity contribution in [3.63, 3.8) is 0 Å². The second-order valence-corrected chi connectivity index (χ2v) is 9.30. The predicted octanol–water partition coefficient (Wildman–Crippen LogP) is 6.70. The molecule has 0 fully saturated rings. The van der Waals surface area contributed by atoms with E-state index in [1.54, 1.807) is 42.5 Å². The maximum absolute atomic E-state index is 12.7. The molecular weight excluding hydrogens is 514 g/mol. The summed E-state index contributed by atoms with van der Waals surface area (Å²) in [5.74, 6) is 0.405. The van der Waals surface area contributed by atoms with Crippen molar-refractivity contribution in [3.8, 4) is 17.1 Å². The first-order valence-electron chi connectivity index (χ1n) is 12.1. The average molecular weight is 540 g/mol. The summed E-state index contributed by atoms with van der Waals surface area (Å²) in [6, 6.07) is 23.4. The Hall–Kier alpha value is -4.89. The molecule has 0 bridgehead atoms. The number of benzene rings is 3. The Kier molecular flexibility index (Phi) is 7.16. The molecule has 3 N–H and O–H groups in total. The van der Waals surface area contributed by atoms with Crippen LogP contribution < -0.4 is 20.7 Å². The van der Waals surface area contributed by atoms with E-state index >= 15 is 0 Å². The topological polar surface area (TPSA) is 106 Å². The van der Waals surface area contributed by atoms with Gasteiger partial charge in [-0.05, 0) is 79.7 Å². The number of hydrogen-bond donors (Lipinski definition) is 3. The molecule has 0 aliphatic heterocycles. The lowest BCUT2D eigenvalue weighted by Gasteiger charge is -2.13. The standard InChI is InChI=1S/C30H25N3O5S/c1-17-8-9-20(14-18(17)2)24-12-13-25(37-24)28(34)33-30(39)31-21-10-11-22(26(16-21)36-3)32-29(35)27-15-19-6-4-5-7-23(19)38-27/h4-16H,1-3H3,(H,32,35)(H2,31,33,34,39). The average Bonchev–Trinajstić information content (AvgIpc) is 3.59. The third-order valence-corrected chi connectivity index (χ3v) is 6.41. The van der Waals surface area contributed by atoms with Crippen molar-refractivity contribution in [1.82, 2.24) is 5.32 Å². The lowest BCUT2D eigenvalue weighted by atomic mass is 10.1. The number of fused-ring (bicyclic) bond motifs is 1. The van der Waals surface area contributed by atoms with E-state index in [1.807, 2.05) is 50.2 Å². The van der Waals surface area contributed by atoms with Crippen LogP contribution in [0.25, 0.3) is 22.3 Å². The molecule has 39 heavy (non-hydrogen) atoms. The van der Waals surface area contributed by atoms with Crippen LogP contribution in [0.15, 0.2) is 87.7 Å². The van der Waals surface area contributed by atoms with Crippen molar-refractivity contribution in [1.29, 1.82) is 0 Å². The fourth-order valence-electron chi connectivity index (χ4n) is 3.99. The van der Waals surface area contributed by atoms with E-state index in [2.05, 4.69) is 16.0 Å². The molecule has 196 valence electrons. The van der Waals surface area contributed by atoms with Gasteiger partial charge in [-0.25, -0.2) is 0 Å². The first-order chi connectivity index (χ1) is 18.8. The number of rotatable bonds is 6. The molecule has 0 spiro atoms. The van der Waals surface area contributed by atoms with E-state index < -0.39 is 11.8 Å². The molecule has 3 aromatic carbocycles. The van der Waals surface area contributed by atoms with Crippen LogP contribution in [0.2, 0.25) is 0 Å². The van der Waals surface area contributed by atoms with Gasteiger partial charge in [-0.3, -0.25) is 14.9 Å². The normalized spacial score (nSPS) is 10.7. The summed E-state index contributed by atoms with van der Waals surface area (Å²) in [5, 5.41) is 9.26. The lowest BCUT2D eigenvalue weighted by Crippen LogP contribution is -2.33. The lowest BCUT2D eigenvalue weighted by molar-refractivity contribution is 0.0950. The highest BCUT2D eigenvalue weighted by Crippen LogP contribution is 2.29. The van der Waals surface area contributed by atoms with E-state index in [-0.39, 0.29) is 16.6 Å². The smallest absolute Gasteiger partial charge is 0.293 e. The number of carbonyl (C=O) groups is 2. The molecule has 0 radical (unpaired) electrons. The van der Waals surface area contributed by atoms with Gasteiger partial charge in [0.05, 0.1) is 12.8 Å². The first kappa shape index (κ1) is 25.7. The molecule has 0 aliphatic carbocycles. The Bertz CT molecular complexity index is 1690. The van der Waals surface area contributed by atoms with E-state index in [0.29, 0.717) is 28.5 Å². The summed E-state index contributed by atoms with van der Waals surface area (Å²) in [6.07, 6.45) is 0. The van der Waals surface area contributed by atoms with Gasteiger partial charge >= 0.3 is 0 Å². The van der Waals surface area contributed by atoms with Crippen molar-refractivity contribution < 1.29 is 23.2 Å². The fraction of sp³-hybridized carbons (Fsp3) is 0.100. The van der Waals surface area contributed by atoms with Crippen LogP contribution >= 0.6 is 12.2 Å². The van der Waals surface area contributed by atoms with Gasteiger partial charge in [0.15, 0.2) is 16.6 Å². The van der Waals surface area contributed by atoms with E-state index in [4.69, 9.17) is 25.8 Å². The molecule has 5 aromatic rings. The summed E-state index contributed by atoms with van der Waals surface area (Å²) in [5.41, 5.74) is 4.82. The minimum Gasteiger partial charge on any atom is -0.494 e. The number of amides is 2. The summed E-state index contributed by atoms with van der Waals surface area (Å²) < 4.78 is 16.8. The number of anilines is 2. The number of nitrogens with one attached hydrogen (secondary N) is 3. The predicted molar refractivity (Wildman–Crippen MR) is 154 cm³/mol. The minimum absolute atomic E-state index is 0.0743. The van der Waals surface area contributed by atoms with Crippen molar-refractivity contribution in [2.24, 2.45) is 0 Å². The number of thiocarbonyl (C=S) groups is 1. The molecule has 0 unspecified atom stereocenters. The zero-order valence-electron chi connectivity index (χ0n) is 21.5. The number of methoxy groups -OCH3 is 1. The molecule has 2 amide bonds. The van der Waals surface area contributed by atoms with Gasteiger partial charge in [-0.15, -0.1) is 0 Å². The Labute approximate surface area is 230 Å². The van der Waals surface area contributed by atoms with Crippen LogP contribution in [0.1, 0.15) is 32.2 Å². The third-order valence-electron chi connectivity index (χ3n) is 6.21. The van der Waals surface area contributed by atoms with Gasteiger partial charge < -0.3 is 24.2 Å². The molecule has 0 saturated heterocycles. The number of furan rings is 2. The number of carbonyl (C=O) groups excluding carboxylic acids is 2. The second kappa shape index (κ2) is 10.8. The van der Waals surface area contributed by atoms with Crippen LogP contribution in [0.5, 0.6) is 5.75 Å². The zero-order valence-corrected chi connectivity index (χ0v) is 22.3. The Morgan fingerprint density at radius 3 is 2.38 bits per heavy atom. The summed E-state index contributed by atoms with van der Waals surface area (Å²) in [7, 11) is 1.49. The number of aryl methyl sites for hydroxylation is 2. The summed E-state index contributed by atoms with van der Waals surface area (Å²) >= 11 is 5.31. The van der Waals surface area contributed by atoms with Crippen molar-refractivity contribution in [2.75, 3.05) is 17.7 Å². The van der Waals surface area contributed by atoms with Gasteiger partial charge in [0, 0.05) is 22.7 Å². The van der Waals surface area contributed by atoms with Crippen LogP contribution in [-0.4, -0.2) is 24.0 Å². The quantitative estimate of drug-likeness (QED) is 0.206. The molecule has 0 atom stereocenters. The second-order valence-electron chi connectivity index (χ2n) is 8.89. The maximum Gasteiger partial charge on any atom is 0.293 e. The van der Waals surface area contributed by atoms with Crippen molar-refractivity contribution in [2.45, 2.75) is 13.8 Å².